The Hall–Kier alpha value is -2.86. The van der Waals surface area contributed by atoms with Crippen molar-refractivity contribution < 1.29 is 22.7 Å². The molecule has 3 aromatic rings. The number of thiophene rings is 1. The Kier molecular flexibility index (Phi) is 6.58. The second-order valence-corrected chi connectivity index (χ2v) is 11.8. The number of aromatic nitrogens is 1. The number of sulfonamides is 1. The van der Waals surface area contributed by atoms with Crippen molar-refractivity contribution >= 4 is 43.4 Å². The van der Waals surface area contributed by atoms with Gasteiger partial charge in [-0.2, -0.15) is 4.31 Å². The van der Waals surface area contributed by atoms with Crippen LogP contribution in [0.3, 0.4) is 0 Å². The molecule has 1 aliphatic heterocycles. The minimum Gasteiger partial charge on any atom is -0.370 e. The van der Waals surface area contributed by atoms with Crippen molar-refractivity contribution in [2.45, 2.75) is 30.2 Å². The smallest absolute Gasteiger partial charge is 0.250 e. The highest BCUT2D eigenvalue weighted by atomic mass is 32.2. The average molecular weight is 515 g/mol. The van der Waals surface area contributed by atoms with Crippen molar-refractivity contribution in [1.29, 1.82) is 0 Å². The van der Waals surface area contributed by atoms with Crippen LogP contribution in [0.15, 0.2) is 47.5 Å². The van der Waals surface area contributed by atoms with E-state index in [9.17, 15) is 18.0 Å². The molecule has 0 unspecified atom stereocenters. The fraction of sp³-hybridized carbons (Fsp3) is 0.375. The third-order valence-corrected chi connectivity index (χ3v) is 9.29. The normalized spacial score (nSPS) is 18.6. The zero-order chi connectivity index (χ0) is 24.6. The van der Waals surface area contributed by atoms with Crippen LogP contribution in [0.5, 0.6) is 0 Å². The van der Waals surface area contributed by atoms with Crippen molar-refractivity contribution in [1.82, 2.24) is 14.2 Å². The van der Waals surface area contributed by atoms with E-state index in [2.05, 4.69) is 4.98 Å². The van der Waals surface area contributed by atoms with Crippen LogP contribution in [-0.2, 0) is 19.6 Å². The summed E-state index contributed by atoms with van der Waals surface area (Å²) in [5.74, 6) is -0.543. The number of hydrogen-bond donors (Lipinski definition) is 1. The van der Waals surface area contributed by atoms with Crippen LogP contribution in [0.4, 0.5) is 0 Å². The Morgan fingerprint density at radius 3 is 2.60 bits per heavy atom. The predicted molar refractivity (Wildman–Crippen MR) is 133 cm³/mol. The number of benzene rings is 1. The molecular formula is C24H26N4O5S2. The van der Waals surface area contributed by atoms with E-state index in [0.29, 0.717) is 25.1 Å². The van der Waals surface area contributed by atoms with Gasteiger partial charge in [-0.1, -0.05) is 12.1 Å². The Morgan fingerprint density at radius 1 is 1.11 bits per heavy atom. The lowest BCUT2D eigenvalue weighted by atomic mass is 10.2. The molecule has 2 fully saturated rings. The van der Waals surface area contributed by atoms with E-state index in [-0.39, 0.29) is 36.6 Å². The summed E-state index contributed by atoms with van der Waals surface area (Å²) in [7, 11) is -3.71. The maximum atomic E-state index is 13.4. The van der Waals surface area contributed by atoms with Gasteiger partial charge in [0.1, 0.15) is 6.61 Å². The number of carbonyl (C=O) groups excluding carboxylic acids is 2. The number of rotatable bonds is 5. The van der Waals surface area contributed by atoms with Gasteiger partial charge in [0.25, 0.3) is 0 Å². The molecule has 5 rings (SSSR count). The first kappa shape index (κ1) is 23.9. The third kappa shape index (κ3) is 5.08. The van der Waals surface area contributed by atoms with Crippen LogP contribution in [0.25, 0.3) is 20.7 Å². The van der Waals surface area contributed by atoms with Gasteiger partial charge in [0, 0.05) is 36.8 Å². The summed E-state index contributed by atoms with van der Waals surface area (Å²) < 4.78 is 34.5. The molecule has 0 bridgehead atoms. The van der Waals surface area contributed by atoms with E-state index in [1.165, 1.54) is 21.8 Å². The zero-order valence-corrected chi connectivity index (χ0v) is 20.7. The molecule has 1 aliphatic carbocycles. The van der Waals surface area contributed by atoms with E-state index in [1.807, 2.05) is 11.0 Å². The predicted octanol–water partition coefficient (Wildman–Crippen LogP) is 2.46. The van der Waals surface area contributed by atoms with E-state index in [4.69, 9.17) is 10.5 Å². The number of nitrogens with zero attached hydrogens (tertiary/aromatic N) is 3. The molecule has 9 nitrogen and oxygen atoms in total. The van der Waals surface area contributed by atoms with Crippen LogP contribution in [0.1, 0.15) is 29.6 Å². The first-order chi connectivity index (χ1) is 16.8. The molecule has 184 valence electrons. The summed E-state index contributed by atoms with van der Waals surface area (Å²) in [5.41, 5.74) is 7.30. The van der Waals surface area contributed by atoms with Crippen molar-refractivity contribution in [3.63, 3.8) is 0 Å². The minimum atomic E-state index is -3.71. The Labute approximate surface area is 207 Å². The molecule has 1 aromatic carbocycles. The Morgan fingerprint density at radius 2 is 1.89 bits per heavy atom. The summed E-state index contributed by atoms with van der Waals surface area (Å²) in [6.07, 6.45) is 4.04. The van der Waals surface area contributed by atoms with Gasteiger partial charge in [-0.05, 0) is 49.1 Å². The van der Waals surface area contributed by atoms with Crippen LogP contribution in [0.2, 0.25) is 0 Å². The second kappa shape index (κ2) is 9.65. The third-order valence-electron chi connectivity index (χ3n) is 6.26. The number of ether oxygens (including phenoxy) is 1. The molecule has 1 saturated carbocycles. The topological polar surface area (TPSA) is 123 Å². The molecular weight excluding hydrogens is 488 g/mol. The number of primary amides is 1. The second-order valence-electron chi connectivity index (χ2n) is 8.74. The van der Waals surface area contributed by atoms with Crippen LogP contribution in [0, 0.1) is 0 Å². The Balaban J connectivity index is 1.33. The maximum absolute atomic E-state index is 13.4. The summed E-state index contributed by atoms with van der Waals surface area (Å²) in [6, 6.07) is 10.7. The van der Waals surface area contributed by atoms with Crippen molar-refractivity contribution in [2.24, 2.45) is 5.73 Å². The van der Waals surface area contributed by atoms with E-state index in [0.717, 1.165) is 33.5 Å². The fourth-order valence-corrected chi connectivity index (χ4v) is 6.74. The van der Waals surface area contributed by atoms with E-state index in [1.54, 1.807) is 30.3 Å². The lowest BCUT2D eigenvalue weighted by Crippen LogP contribution is -2.42. The lowest BCUT2D eigenvalue weighted by Gasteiger charge is -2.28. The van der Waals surface area contributed by atoms with E-state index >= 15 is 0 Å². The Bertz CT molecular complexity index is 1370. The number of amides is 2. The fourth-order valence-electron chi connectivity index (χ4n) is 4.21. The SMILES string of the molecule is NC(=O)c1cnc2cc(-c3ccc(S(=O)(=O)N4CCCN(C5CC5)C(=O)COCC4)cc3)sc2c1. The van der Waals surface area contributed by atoms with Gasteiger partial charge < -0.3 is 15.4 Å². The molecule has 3 heterocycles. The summed E-state index contributed by atoms with van der Waals surface area (Å²) >= 11 is 1.46. The summed E-state index contributed by atoms with van der Waals surface area (Å²) in [4.78, 5) is 31.0. The molecule has 2 amide bonds. The minimum absolute atomic E-state index is 0.00988. The summed E-state index contributed by atoms with van der Waals surface area (Å²) in [5, 5.41) is 0. The first-order valence-corrected chi connectivity index (χ1v) is 13.8. The van der Waals surface area contributed by atoms with Gasteiger partial charge in [-0.15, -0.1) is 11.3 Å². The average Bonchev–Trinajstić information content (AvgIpc) is 3.59. The van der Waals surface area contributed by atoms with Gasteiger partial charge in [-0.25, -0.2) is 8.42 Å². The molecule has 0 atom stereocenters. The van der Waals surface area contributed by atoms with Gasteiger partial charge in [-0.3, -0.25) is 14.6 Å². The highest BCUT2D eigenvalue weighted by molar-refractivity contribution is 7.89. The molecule has 1 saturated heterocycles. The first-order valence-electron chi connectivity index (χ1n) is 11.5. The quantitative estimate of drug-likeness (QED) is 0.558. The van der Waals surface area contributed by atoms with Gasteiger partial charge in [0.15, 0.2) is 0 Å². The van der Waals surface area contributed by atoms with Gasteiger partial charge >= 0.3 is 0 Å². The van der Waals surface area contributed by atoms with Crippen LogP contribution >= 0.6 is 11.3 Å². The summed E-state index contributed by atoms with van der Waals surface area (Å²) in [6.45, 7) is 1.22. The van der Waals surface area contributed by atoms with Crippen molar-refractivity contribution in [3.8, 4) is 10.4 Å². The zero-order valence-electron chi connectivity index (χ0n) is 19.1. The molecule has 2 aliphatic rings. The molecule has 0 radical (unpaired) electrons. The van der Waals surface area contributed by atoms with Crippen LogP contribution in [-0.4, -0.2) is 73.3 Å². The van der Waals surface area contributed by atoms with E-state index < -0.39 is 15.9 Å². The monoisotopic (exact) mass is 514 g/mol. The number of fused-ring (bicyclic) bond motifs is 1. The number of nitrogens with two attached hydrogens (primary N) is 1. The molecule has 0 spiro atoms. The number of pyridine rings is 1. The highest BCUT2D eigenvalue weighted by Crippen LogP contribution is 2.34. The lowest BCUT2D eigenvalue weighted by molar-refractivity contribution is -0.137. The maximum Gasteiger partial charge on any atom is 0.250 e. The van der Waals surface area contributed by atoms with Crippen molar-refractivity contribution in [3.05, 3.63) is 48.2 Å². The van der Waals surface area contributed by atoms with Crippen LogP contribution < -0.4 is 5.73 Å². The largest absolute Gasteiger partial charge is 0.370 e. The molecule has 35 heavy (non-hydrogen) atoms. The molecule has 11 heteroatoms. The molecule has 2 aromatic heterocycles. The van der Waals surface area contributed by atoms with Gasteiger partial charge in [0.2, 0.25) is 21.8 Å². The number of carbonyl (C=O) groups is 2. The number of hydrogen-bond acceptors (Lipinski definition) is 7. The molecule has 2 N–H and O–H groups in total. The van der Waals surface area contributed by atoms with Crippen molar-refractivity contribution in [2.75, 3.05) is 32.8 Å². The van der Waals surface area contributed by atoms with Gasteiger partial charge in [0.05, 0.1) is 27.3 Å². The standard InChI is InChI=1S/C24H26N4O5S2/c25-24(30)17-12-22-20(26-14-17)13-21(34-22)16-2-6-19(7-3-16)35(31,32)27-8-1-9-28(18-4-5-18)23(29)15-33-11-10-27/h2-3,6-7,12-14,18H,1,4-5,8-11,15H2,(H2,25,30). The highest BCUT2D eigenvalue weighted by Gasteiger charge is 2.33.